The van der Waals surface area contributed by atoms with Gasteiger partial charge in [0.15, 0.2) is 0 Å². The Morgan fingerprint density at radius 2 is 1.75 bits per heavy atom. The number of nitrogens with one attached hydrogen (secondary N) is 1. The number of carbonyl (C=O) groups is 1. The third-order valence-electron chi connectivity index (χ3n) is 3.43. The molecular weight excluding hydrogens is 250 g/mol. The third-order valence-corrected chi connectivity index (χ3v) is 3.43. The Morgan fingerprint density at radius 1 is 1.10 bits per heavy atom. The van der Waals surface area contributed by atoms with Crippen LogP contribution in [0.15, 0.2) is 42.5 Å². The minimum Gasteiger partial charge on any atom is -0.478 e. The highest BCUT2D eigenvalue weighted by Crippen LogP contribution is 2.23. The van der Waals surface area contributed by atoms with Crippen molar-refractivity contribution in [3.8, 4) is 0 Å². The quantitative estimate of drug-likeness (QED) is 0.875. The number of hydrogen-bond donors (Lipinski definition) is 2. The van der Waals surface area contributed by atoms with E-state index < -0.39 is 5.97 Å². The van der Waals surface area contributed by atoms with Crippen LogP contribution in [0.3, 0.4) is 0 Å². The normalized spacial score (nSPS) is 11.9. The molecule has 0 fully saturated rings. The zero-order chi connectivity index (χ0) is 14.7. The average molecular weight is 269 g/mol. The Balaban J connectivity index is 2.22. The third kappa shape index (κ3) is 3.18. The minimum atomic E-state index is -0.906. The van der Waals surface area contributed by atoms with Crippen LogP contribution in [0.1, 0.15) is 40.0 Å². The summed E-state index contributed by atoms with van der Waals surface area (Å²) in [6.07, 6.45) is 0. The van der Waals surface area contributed by atoms with E-state index in [-0.39, 0.29) is 6.04 Å². The first kappa shape index (κ1) is 14.1. The van der Waals surface area contributed by atoms with E-state index in [1.54, 1.807) is 12.1 Å². The molecule has 2 aromatic rings. The van der Waals surface area contributed by atoms with E-state index in [1.807, 2.05) is 13.0 Å². The zero-order valence-corrected chi connectivity index (χ0v) is 12.0. The van der Waals surface area contributed by atoms with E-state index in [2.05, 4.69) is 43.4 Å². The second-order valence-corrected chi connectivity index (χ2v) is 5.11. The summed E-state index contributed by atoms with van der Waals surface area (Å²) >= 11 is 0. The fraction of sp³-hybridized carbons (Fsp3) is 0.235. The maximum absolute atomic E-state index is 11.0. The number of hydrogen-bond acceptors (Lipinski definition) is 2. The monoisotopic (exact) mass is 269 g/mol. The van der Waals surface area contributed by atoms with E-state index >= 15 is 0 Å². The van der Waals surface area contributed by atoms with Gasteiger partial charge in [0.25, 0.3) is 0 Å². The van der Waals surface area contributed by atoms with Crippen LogP contribution in [-0.2, 0) is 0 Å². The van der Waals surface area contributed by atoms with Gasteiger partial charge in [0, 0.05) is 11.7 Å². The lowest BCUT2D eigenvalue weighted by atomic mass is 10.0. The van der Waals surface area contributed by atoms with E-state index in [0.29, 0.717) is 5.56 Å². The first-order valence-corrected chi connectivity index (χ1v) is 6.64. The fourth-order valence-electron chi connectivity index (χ4n) is 2.08. The van der Waals surface area contributed by atoms with Crippen molar-refractivity contribution in [2.75, 3.05) is 5.32 Å². The Bertz CT molecular complexity index is 617. The molecule has 0 aliphatic carbocycles. The number of aromatic carboxylic acids is 1. The summed E-state index contributed by atoms with van der Waals surface area (Å²) in [5.74, 6) is -0.906. The highest BCUT2D eigenvalue weighted by molar-refractivity contribution is 5.89. The molecule has 104 valence electrons. The molecule has 0 aliphatic rings. The lowest BCUT2D eigenvalue weighted by molar-refractivity contribution is 0.0697. The van der Waals surface area contributed by atoms with Crippen molar-refractivity contribution in [3.05, 3.63) is 64.7 Å². The van der Waals surface area contributed by atoms with Crippen LogP contribution in [0.2, 0.25) is 0 Å². The van der Waals surface area contributed by atoms with Gasteiger partial charge in [-0.25, -0.2) is 4.79 Å². The topological polar surface area (TPSA) is 49.3 Å². The van der Waals surface area contributed by atoms with Gasteiger partial charge in [-0.2, -0.15) is 0 Å². The molecule has 1 atom stereocenters. The van der Waals surface area contributed by atoms with E-state index in [1.165, 1.54) is 11.1 Å². The van der Waals surface area contributed by atoms with Gasteiger partial charge in [0.05, 0.1) is 5.56 Å². The van der Waals surface area contributed by atoms with Crippen molar-refractivity contribution >= 4 is 11.7 Å². The van der Waals surface area contributed by atoms with Gasteiger partial charge in [-0.3, -0.25) is 0 Å². The molecule has 0 aromatic heterocycles. The minimum absolute atomic E-state index is 0.123. The SMILES string of the molecule is Cc1ccc(C(C)Nc2cc(C(=O)O)ccc2C)cc1. The molecule has 0 bridgehead atoms. The summed E-state index contributed by atoms with van der Waals surface area (Å²) < 4.78 is 0. The number of anilines is 1. The molecule has 0 aliphatic heterocycles. The molecule has 0 spiro atoms. The van der Waals surface area contributed by atoms with Gasteiger partial charge in [-0.15, -0.1) is 0 Å². The molecular formula is C17H19NO2. The molecule has 3 nitrogen and oxygen atoms in total. The number of rotatable bonds is 4. The van der Waals surface area contributed by atoms with Crippen LogP contribution in [0.5, 0.6) is 0 Å². The molecule has 1 unspecified atom stereocenters. The number of carboxylic acid groups (broad SMARTS) is 1. The average Bonchev–Trinajstić information content (AvgIpc) is 2.41. The predicted octanol–water partition coefficient (Wildman–Crippen LogP) is 4.17. The van der Waals surface area contributed by atoms with Crippen molar-refractivity contribution in [3.63, 3.8) is 0 Å². The van der Waals surface area contributed by atoms with Crippen LogP contribution in [0.4, 0.5) is 5.69 Å². The van der Waals surface area contributed by atoms with Gasteiger partial charge in [-0.05, 0) is 44.0 Å². The van der Waals surface area contributed by atoms with Crippen molar-refractivity contribution in [2.24, 2.45) is 0 Å². The molecule has 0 radical (unpaired) electrons. The number of carboxylic acids is 1. The number of aryl methyl sites for hydroxylation is 2. The largest absolute Gasteiger partial charge is 0.478 e. The zero-order valence-electron chi connectivity index (χ0n) is 12.0. The van der Waals surface area contributed by atoms with Crippen LogP contribution in [0, 0.1) is 13.8 Å². The van der Waals surface area contributed by atoms with Crippen LogP contribution < -0.4 is 5.32 Å². The van der Waals surface area contributed by atoms with E-state index in [4.69, 9.17) is 5.11 Å². The van der Waals surface area contributed by atoms with Gasteiger partial charge in [0.2, 0.25) is 0 Å². The molecule has 2 rings (SSSR count). The van der Waals surface area contributed by atoms with Crippen LogP contribution in [-0.4, -0.2) is 11.1 Å². The summed E-state index contributed by atoms with van der Waals surface area (Å²) in [6, 6.07) is 13.6. The Morgan fingerprint density at radius 3 is 2.35 bits per heavy atom. The summed E-state index contributed by atoms with van der Waals surface area (Å²) in [5, 5.41) is 12.4. The summed E-state index contributed by atoms with van der Waals surface area (Å²) in [7, 11) is 0. The summed E-state index contributed by atoms with van der Waals surface area (Å²) in [4.78, 5) is 11.0. The first-order chi connectivity index (χ1) is 9.47. The molecule has 0 saturated carbocycles. The highest BCUT2D eigenvalue weighted by atomic mass is 16.4. The van der Waals surface area contributed by atoms with E-state index in [0.717, 1.165) is 11.3 Å². The van der Waals surface area contributed by atoms with Crippen molar-refractivity contribution in [2.45, 2.75) is 26.8 Å². The van der Waals surface area contributed by atoms with Crippen molar-refractivity contribution in [1.82, 2.24) is 0 Å². The molecule has 0 saturated heterocycles. The van der Waals surface area contributed by atoms with Crippen LogP contribution >= 0.6 is 0 Å². The Hall–Kier alpha value is -2.29. The van der Waals surface area contributed by atoms with Gasteiger partial charge < -0.3 is 10.4 Å². The highest BCUT2D eigenvalue weighted by Gasteiger charge is 2.10. The maximum atomic E-state index is 11.0. The molecule has 0 amide bonds. The van der Waals surface area contributed by atoms with Gasteiger partial charge in [-0.1, -0.05) is 35.9 Å². The molecule has 2 N–H and O–H groups in total. The first-order valence-electron chi connectivity index (χ1n) is 6.64. The predicted molar refractivity (Wildman–Crippen MR) is 81.4 cm³/mol. The molecule has 20 heavy (non-hydrogen) atoms. The lowest BCUT2D eigenvalue weighted by Crippen LogP contribution is -2.09. The maximum Gasteiger partial charge on any atom is 0.335 e. The smallest absolute Gasteiger partial charge is 0.335 e. The van der Waals surface area contributed by atoms with Crippen molar-refractivity contribution in [1.29, 1.82) is 0 Å². The molecule has 0 heterocycles. The second-order valence-electron chi connectivity index (χ2n) is 5.11. The Kier molecular flexibility index (Phi) is 4.08. The summed E-state index contributed by atoms with van der Waals surface area (Å²) in [6.45, 7) is 6.09. The van der Waals surface area contributed by atoms with Gasteiger partial charge in [0.1, 0.15) is 0 Å². The lowest BCUT2D eigenvalue weighted by Gasteiger charge is -2.18. The fourth-order valence-corrected chi connectivity index (χ4v) is 2.08. The summed E-state index contributed by atoms with van der Waals surface area (Å²) in [5.41, 5.74) is 4.60. The van der Waals surface area contributed by atoms with Gasteiger partial charge >= 0.3 is 5.97 Å². The molecule has 3 heteroatoms. The molecule has 2 aromatic carbocycles. The second kappa shape index (κ2) is 5.78. The van der Waals surface area contributed by atoms with E-state index in [9.17, 15) is 4.79 Å². The Labute approximate surface area is 119 Å². The van der Waals surface area contributed by atoms with Crippen molar-refractivity contribution < 1.29 is 9.90 Å². The number of benzene rings is 2. The standard InChI is InChI=1S/C17H19NO2/c1-11-4-7-14(8-5-11)13(3)18-16-10-15(17(19)20)9-6-12(16)2/h4-10,13,18H,1-3H3,(H,19,20). The van der Waals surface area contributed by atoms with Crippen LogP contribution in [0.25, 0.3) is 0 Å².